The van der Waals surface area contributed by atoms with Crippen LogP contribution >= 0.6 is 0 Å². The average Bonchev–Trinajstić information content (AvgIpc) is 3.65. The molecule has 1 unspecified atom stereocenters. The monoisotopic (exact) mass is 566 g/mol. The number of carbonyl (C=O) groups excluding carboxylic acids is 1. The van der Waals surface area contributed by atoms with Gasteiger partial charge in [0.2, 0.25) is 0 Å². The molecule has 4 heteroatoms. The molecular formula is C37H58O4. The largest absolute Gasteiger partial charge is 0.462 e. The molecule has 1 heterocycles. The Kier molecular flexibility index (Phi) is 7.26. The van der Waals surface area contributed by atoms with Crippen molar-refractivity contribution < 1.29 is 19.0 Å². The first-order chi connectivity index (χ1) is 19.2. The van der Waals surface area contributed by atoms with Crippen molar-refractivity contribution in [1.29, 1.82) is 0 Å². The Hall–Kier alpha value is -1.13. The van der Waals surface area contributed by atoms with E-state index in [0.29, 0.717) is 64.3 Å². The van der Waals surface area contributed by atoms with Crippen LogP contribution in [0.3, 0.4) is 0 Å². The maximum Gasteiger partial charge on any atom is 0.333 e. The predicted octanol–water partition coefficient (Wildman–Crippen LogP) is 8.55. The summed E-state index contributed by atoms with van der Waals surface area (Å²) in [5.41, 5.74) is 3.11. The van der Waals surface area contributed by atoms with Crippen LogP contribution in [0.15, 0.2) is 24.3 Å². The summed E-state index contributed by atoms with van der Waals surface area (Å²) in [6.07, 6.45) is 13.2. The lowest BCUT2D eigenvalue weighted by atomic mass is 9.32. The Morgan fingerprint density at radius 3 is 2.24 bits per heavy atom. The first-order valence-corrected chi connectivity index (χ1v) is 16.9. The summed E-state index contributed by atoms with van der Waals surface area (Å²) in [5.74, 6) is 2.99. The van der Waals surface area contributed by atoms with Crippen molar-refractivity contribution in [1.82, 2.24) is 0 Å². The lowest BCUT2D eigenvalue weighted by Gasteiger charge is -2.73. The molecule has 6 fully saturated rings. The molecule has 1 aliphatic heterocycles. The number of esters is 1. The zero-order valence-electron chi connectivity index (χ0n) is 27.3. The number of hydrogen-bond acceptors (Lipinski definition) is 4. The Balaban J connectivity index is 1.29. The molecule has 11 atom stereocenters. The summed E-state index contributed by atoms with van der Waals surface area (Å²) in [5, 5.41) is 0. The van der Waals surface area contributed by atoms with Crippen LogP contribution in [-0.4, -0.2) is 38.0 Å². The molecule has 0 spiro atoms. The van der Waals surface area contributed by atoms with Gasteiger partial charge in [-0.15, -0.1) is 0 Å². The zero-order valence-corrected chi connectivity index (χ0v) is 27.3. The van der Waals surface area contributed by atoms with E-state index in [1.165, 1.54) is 63.4 Å². The van der Waals surface area contributed by atoms with Gasteiger partial charge < -0.3 is 14.2 Å². The quantitative estimate of drug-likeness (QED) is 0.134. The van der Waals surface area contributed by atoms with Crippen molar-refractivity contribution in [2.75, 3.05) is 19.8 Å². The molecule has 6 aliphatic rings. The standard InChI is InChI=1S/C37H58O4/c1-23(2)26-12-17-37(22-41-32(38)24(3)4)19-18-35(8)27(31(26)37)10-11-29-34(7)15-14-30(40-21-25-20-39-25)33(5,6)28(34)13-16-36(29,35)9/h25-31H,1,3,10-22H2,2,4-9H3/t25?,26-,27+,28-,29+,30-,31+,34-,35+,36+,37+/m0/s1. The molecule has 1 saturated heterocycles. The van der Waals surface area contributed by atoms with E-state index in [0.717, 1.165) is 25.6 Å². The molecule has 0 bridgehead atoms. The Morgan fingerprint density at radius 2 is 1.59 bits per heavy atom. The number of ether oxygens (including phenoxy) is 3. The van der Waals surface area contributed by atoms with E-state index in [9.17, 15) is 4.79 Å². The fourth-order valence-corrected chi connectivity index (χ4v) is 12.5. The molecule has 0 amide bonds. The smallest absolute Gasteiger partial charge is 0.333 e. The van der Waals surface area contributed by atoms with Gasteiger partial charge >= 0.3 is 5.97 Å². The van der Waals surface area contributed by atoms with Crippen LogP contribution in [-0.2, 0) is 19.0 Å². The Labute approximate surface area is 250 Å². The van der Waals surface area contributed by atoms with E-state index in [4.69, 9.17) is 14.2 Å². The van der Waals surface area contributed by atoms with Gasteiger partial charge in [-0.1, -0.05) is 53.3 Å². The van der Waals surface area contributed by atoms with Gasteiger partial charge in [0, 0.05) is 11.0 Å². The van der Waals surface area contributed by atoms with Crippen molar-refractivity contribution in [3.63, 3.8) is 0 Å². The maximum absolute atomic E-state index is 12.5. The van der Waals surface area contributed by atoms with Crippen LogP contribution in [0.4, 0.5) is 0 Å². The molecule has 6 rings (SSSR count). The number of hydrogen-bond donors (Lipinski definition) is 0. The van der Waals surface area contributed by atoms with Crippen LogP contribution in [0.1, 0.15) is 113 Å². The fourth-order valence-electron chi connectivity index (χ4n) is 12.5. The minimum atomic E-state index is -0.223. The summed E-state index contributed by atoms with van der Waals surface area (Å²) in [6, 6.07) is 0. The molecule has 41 heavy (non-hydrogen) atoms. The van der Waals surface area contributed by atoms with Crippen LogP contribution < -0.4 is 0 Å². The molecule has 0 N–H and O–H groups in total. The highest BCUT2D eigenvalue weighted by atomic mass is 16.6. The zero-order chi connectivity index (χ0) is 29.6. The molecule has 0 aromatic carbocycles. The van der Waals surface area contributed by atoms with Gasteiger partial charge in [-0.3, -0.25) is 0 Å². The van der Waals surface area contributed by atoms with Crippen LogP contribution in [0, 0.1) is 56.7 Å². The van der Waals surface area contributed by atoms with Crippen LogP contribution in [0.2, 0.25) is 0 Å². The number of allylic oxidation sites excluding steroid dienone is 1. The molecule has 0 aromatic rings. The second-order valence-corrected chi connectivity index (χ2v) is 17.0. The van der Waals surface area contributed by atoms with Gasteiger partial charge in [-0.25, -0.2) is 4.79 Å². The molecule has 0 aromatic heterocycles. The van der Waals surface area contributed by atoms with Crippen molar-refractivity contribution in [2.24, 2.45) is 56.7 Å². The van der Waals surface area contributed by atoms with Crippen LogP contribution in [0.5, 0.6) is 0 Å². The Morgan fingerprint density at radius 1 is 0.854 bits per heavy atom. The third-order valence-electron chi connectivity index (χ3n) is 14.9. The lowest BCUT2D eigenvalue weighted by Crippen LogP contribution is -2.67. The van der Waals surface area contributed by atoms with Crippen molar-refractivity contribution in [3.8, 4) is 0 Å². The molecule has 5 saturated carbocycles. The summed E-state index contributed by atoms with van der Waals surface area (Å²) < 4.78 is 18.0. The van der Waals surface area contributed by atoms with E-state index in [1.807, 2.05) is 0 Å². The lowest BCUT2D eigenvalue weighted by molar-refractivity contribution is -0.253. The molecule has 230 valence electrons. The van der Waals surface area contributed by atoms with Crippen molar-refractivity contribution >= 4 is 5.97 Å². The normalized spacial score (nSPS) is 49.6. The maximum atomic E-state index is 12.5. The molecule has 5 aliphatic carbocycles. The van der Waals surface area contributed by atoms with Gasteiger partial charge in [0.05, 0.1) is 25.9 Å². The number of fused-ring (bicyclic) bond motifs is 7. The van der Waals surface area contributed by atoms with E-state index in [-0.39, 0.29) is 16.8 Å². The highest BCUT2D eigenvalue weighted by Crippen LogP contribution is 2.77. The minimum Gasteiger partial charge on any atom is -0.462 e. The van der Waals surface area contributed by atoms with Gasteiger partial charge in [-0.05, 0) is 129 Å². The Bertz CT molecular complexity index is 1090. The first kappa shape index (κ1) is 29.9. The van der Waals surface area contributed by atoms with E-state index in [2.05, 4.69) is 54.7 Å². The summed E-state index contributed by atoms with van der Waals surface area (Å²) in [6.45, 7) is 27.7. The van der Waals surface area contributed by atoms with Gasteiger partial charge in [-0.2, -0.15) is 0 Å². The van der Waals surface area contributed by atoms with E-state index in [1.54, 1.807) is 6.92 Å². The second kappa shape index (κ2) is 9.94. The minimum absolute atomic E-state index is 0.0892. The van der Waals surface area contributed by atoms with E-state index >= 15 is 0 Å². The molecular weight excluding hydrogens is 508 g/mol. The second-order valence-electron chi connectivity index (χ2n) is 17.0. The summed E-state index contributed by atoms with van der Waals surface area (Å²) >= 11 is 0. The highest BCUT2D eigenvalue weighted by Gasteiger charge is 2.71. The fraction of sp³-hybridized carbons (Fsp3) is 0.865. The average molecular weight is 567 g/mol. The molecule has 4 nitrogen and oxygen atoms in total. The van der Waals surface area contributed by atoms with Crippen molar-refractivity contribution in [2.45, 2.75) is 125 Å². The number of rotatable bonds is 7. The van der Waals surface area contributed by atoms with Gasteiger partial charge in [0.25, 0.3) is 0 Å². The van der Waals surface area contributed by atoms with Gasteiger partial charge in [0.1, 0.15) is 6.10 Å². The molecule has 0 radical (unpaired) electrons. The number of carbonyl (C=O) groups is 1. The summed E-state index contributed by atoms with van der Waals surface area (Å²) in [4.78, 5) is 12.5. The van der Waals surface area contributed by atoms with Crippen molar-refractivity contribution in [3.05, 3.63) is 24.3 Å². The predicted molar refractivity (Wildman–Crippen MR) is 164 cm³/mol. The first-order valence-electron chi connectivity index (χ1n) is 16.9. The third kappa shape index (κ3) is 4.38. The van der Waals surface area contributed by atoms with Crippen LogP contribution in [0.25, 0.3) is 0 Å². The summed E-state index contributed by atoms with van der Waals surface area (Å²) in [7, 11) is 0. The SMILES string of the molecule is C=C(C)C(=O)OC[C@]12CC[C@@H](C(=C)C)[C@@H]1[C@H]1CC[C@@H]3[C@@]4(C)CC[C@H](OCC5CO5)C(C)(C)[C@@H]4CC[C@@]3(C)[C@]1(C)CC2. The van der Waals surface area contributed by atoms with Gasteiger partial charge in [0.15, 0.2) is 0 Å². The third-order valence-corrected chi connectivity index (χ3v) is 14.9. The topological polar surface area (TPSA) is 48.1 Å². The van der Waals surface area contributed by atoms with E-state index < -0.39 is 0 Å². The highest BCUT2D eigenvalue weighted by molar-refractivity contribution is 5.86. The number of epoxide rings is 1.